The van der Waals surface area contributed by atoms with E-state index in [1.54, 1.807) is 22.7 Å². The fourth-order valence-corrected chi connectivity index (χ4v) is 5.70. The average Bonchev–Trinajstić information content (AvgIpc) is 3.52. The lowest BCUT2D eigenvalue weighted by atomic mass is 10.2. The molecule has 1 saturated heterocycles. The van der Waals surface area contributed by atoms with Crippen molar-refractivity contribution in [3.05, 3.63) is 53.5 Å². The van der Waals surface area contributed by atoms with Crippen LogP contribution >= 0.6 is 34.4 Å². The number of nitrogens with one attached hydrogen (secondary N) is 1. The predicted molar refractivity (Wildman–Crippen MR) is 135 cm³/mol. The third kappa shape index (κ3) is 5.50. The smallest absolute Gasteiger partial charge is 0.234 e. The fraction of sp³-hybridized carbons (Fsp3) is 0.273. The van der Waals surface area contributed by atoms with Crippen LogP contribution in [-0.2, 0) is 6.61 Å². The third-order valence-corrected chi connectivity index (χ3v) is 8.04. The van der Waals surface area contributed by atoms with E-state index in [0.29, 0.717) is 17.1 Å². The molecule has 0 bridgehead atoms. The number of anilines is 3. The molecule has 170 valence electrons. The van der Waals surface area contributed by atoms with E-state index in [9.17, 15) is 5.11 Å². The van der Waals surface area contributed by atoms with E-state index >= 15 is 0 Å². The monoisotopic (exact) mass is 497 g/mol. The van der Waals surface area contributed by atoms with Crippen molar-refractivity contribution in [2.45, 2.75) is 16.7 Å². The molecule has 5 rings (SSSR count). The van der Waals surface area contributed by atoms with Gasteiger partial charge in [-0.25, -0.2) is 4.98 Å². The SMILES string of the molecule is CN1CCN(c2nc(Nc3ncc(-c4cccs4)s3)nc(Sc3ccc(CO)cc3)n2)CC1. The molecule has 4 heterocycles. The number of hydrogen-bond donors (Lipinski definition) is 2. The molecule has 0 unspecified atom stereocenters. The van der Waals surface area contributed by atoms with Gasteiger partial charge in [-0.2, -0.15) is 15.0 Å². The number of aromatic nitrogens is 4. The summed E-state index contributed by atoms with van der Waals surface area (Å²) in [6.45, 7) is 3.70. The van der Waals surface area contributed by atoms with Crippen molar-refractivity contribution in [1.82, 2.24) is 24.8 Å². The van der Waals surface area contributed by atoms with E-state index in [1.807, 2.05) is 36.5 Å². The normalized spacial score (nSPS) is 14.5. The maximum atomic E-state index is 9.29. The summed E-state index contributed by atoms with van der Waals surface area (Å²) in [6.07, 6.45) is 1.87. The highest BCUT2D eigenvalue weighted by molar-refractivity contribution is 7.99. The van der Waals surface area contributed by atoms with E-state index in [0.717, 1.165) is 46.6 Å². The Labute approximate surface area is 204 Å². The lowest BCUT2D eigenvalue weighted by Gasteiger charge is -2.32. The van der Waals surface area contributed by atoms with Gasteiger partial charge in [-0.05, 0) is 48.0 Å². The molecular formula is C22H23N7OS3. The molecule has 8 nitrogen and oxygen atoms in total. The van der Waals surface area contributed by atoms with Crippen molar-refractivity contribution in [1.29, 1.82) is 0 Å². The first-order chi connectivity index (χ1) is 16.2. The van der Waals surface area contributed by atoms with Crippen LogP contribution in [0.25, 0.3) is 9.75 Å². The van der Waals surface area contributed by atoms with Crippen LogP contribution in [0.4, 0.5) is 17.0 Å². The van der Waals surface area contributed by atoms with Crippen LogP contribution in [-0.4, -0.2) is 63.2 Å². The lowest BCUT2D eigenvalue weighted by molar-refractivity contribution is 0.282. The zero-order chi connectivity index (χ0) is 22.6. The highest BCUT2D eigenvalue weighted by Crippen LogP contribution is 2.33. The van der Waals surface area contributed by atoms with Gasteiger partial charge in [0.2, 0.25) is 11.9 Å². The molecule has 0 atom stereocenters. The number of thiazole rings is 1. The molecule has 2 N–H and O–H groups in total. The number of piperazine rings is 1. The summed E-state index contributed by atoms with van der Waals surface area (Å²) in [5, 5.41) is 16.0. The second-order valence-corrected chi connectivity index (χ2v) is 10.6. The molecule has 1 aromatic carbocycles. The minimum atomic E-state index is 0.0274. The first kappa shape index (κ1) is 22.2. The van der Waals surface area contributed by atoms with Gasteiger partial charge >= 0.3 is 0 Å². The maximum absolute atomic E-state index is 9.29. The van der Waals surface area contributed by atoms with Crippen molar-refractivity contribution in [3.63, 3.8) is 0 Å². The molecule has 0 aliphatic carbocycles. The Morgan fingerprint density at radius 3 is 2.58 bits per heavy atom. The predicted octanol–water partition coefficient (Wildman–Crippen LogP) is 4.20. The zero-order valence-electron chi connectivity index (χ0n) is 18.0. The molecule has 1 aliphatic rings. The van der Waals surface area contributed by atoms with Crippen LogP contribution < -0.4 is 10.2 Å². The van der Waals surface area contributed by atoms with Crippen molar-refractivity contribution in [3.8, 4) is 9.75 Å². The molecule has 1 fully saturated rings. The summed E-state index contributed by atoms with van der Waals surface area (Å²) in [6, 6.07) is 11.9. The Hall–Kier alpha value is -2.57. The van der Waals surface area contributed by atoms with Crippen LogP contribution in [0.1, 0.15) is 5.56 Å². The summed E-state index contributed by atoms with van der Waals surface area (Å²) in [5.41, 5.74) is 0.876. The molecule has 3 aromatic heterocycles. The lowest BCUT2D eigenvalue weighted by Crippen LogP contribution is -2.45. The standard InChI is InChI=1S/C22H23N7OS3/c1-28-8-10-29(11-9-28)20-24-19(25-21-23-13-18(33-21)17-3-2-12-31-17)26-22(27-20)32-16-6-4-15(14-30)5-7-16/h2-7,12-13,30H,8-11,14H2,1H3,(H,23,24,25,26,27). The van der Waals surface area contributed by atoms with Crippen LogP contribution in [0.3, 0.4) is 0 Å². The van der Waals surface area contributed by atoms with E-state index in [4.69, 9.17) is 9.97 Å². The number of thiophene rings is 1. The maximum Gasteiger partial charge on any atom is 0.234 e. The van der Waals surface area contributed by atoms with Crippen LogP contribution in [0.2, 0.25) is 0 Å². The van der Waals surface area contributed by atoms with Crippen molar-refractivity contribution in [2.24, 2.45) is 0 Å². The Balaban J connectivity index is 1.41. The number of nitrogens with zero attached hydrogens (tertiary/aromatic N) is 6. The van der Waals surface area contributed by atoms with Crippen LogP contribution in [0, 0.1) is 0 Å². The summed E-state index contributed by atoms with van der Waals surface area (Å²) >= 11 is 4.75. The zero-order valence-corrected chi connectivity index (χ0v) is 20.5. The number of aliphatic hydroxyl groups is 1. The van der Waals surface area contributed by atoms with Crippen molar-refractivity contribution in [2.75, 3.05) is 43.4 Å². The number of likely N-dealkylation sites (N-methyl/N-ethyl adjacent to an activating group) is 1. The van der Waals surface area contributed by atoms with Gasteiger partial charge in [0.15, 0.2) is 10.3 Å². The van der Waals surface area contributed by atoms with E-state index < -0.39 is 0 Å². The summed E-state index contributed by atoms with van der Waals surface area (Å²) in [5.74, 6) is 1.16. The van der Waals surface area contributed by atoms with Crippen molar-refractivity contribution >= 4 is 51.5 Å². The van der Waals surface area contributed by atoms with Gasteiger partial charge in [0, 0.05) is 42.1 Å². The first-order valence-electron chi connectivity index (χ1n) is 10.5. The molecule has 0 spiro atoms. The summed E-state index contributed by atoms with van der Waals surface area (Å²) < 4.78 is 0. The van der Waals surface area contributed by atoms with E-state index in [-0.39, 0.29) is 6.61 Å². The van der Waals surface area contributed by atoms with Crippen molar-refractivity contribution < 1.29 is 5.11 Å². The van der Waals surface area contributed by atoms with Gasteiger partial charge in [-0.3, -0.25) is 5.32 Å². The number of hydrogen-bond acceptors (Lipinski definition) is 11. The highest BCUT2D eigenvalue weighted by Gasteiger charge is 2.19. The second-order valence-electron chi connectivity index (χ2n) is 7.57. The Morgan fingerprint density at radius 2 is 1.85 bits per heavy atom. The molecule has 0 saturated carbocycles. The minimum Gasteiger partial charge on any atom is -0.392 e. The Bertz CT molecular complexity index is 1190. The number of aliphatic hydroxyl groups excluding tert-OH is 1. The van der Waals surface area contributed by atoms with Gasteiger partial charge in [0.25, 0.3) is 0 Å². The van der Waals surface area contributed by atoms with Crippen LogP contribution in [0.5, 0.6) is 0 Å². The largest absolute Gasteiger partial charge is 0.392 e. The number of benzene rings is 1. The molecule has 33 heavy (non-hydrogen) atoms. The average molecular weight is 498 g/mol. The highest BCUT2D eigenvalue weighted by atomic mass is 32.2. The minimum absolute atomic E-state index is 0.0274. The third-order valence-electron chi connectivity index (χ3n) is 5.19. The Morgan fingerprint density at radius 1 is 1.03 bits per heavy atom. The van der Waals surface area contributed by atoms with Crippen LogP contribution in [0.15, 0.2) is 58.0 Å². The second kappa shape index (κ2) is 10.1. The number of rotatable bonds is 7. The summed E-state index contributed by atoms with van der Waals surface area (Å²) in [7, 11) is 2.13. The Kier molecular flexibility index (Phi) is 6.83. The van der Waals surface area contributed by atoms with Gasteiger partial charge in [0.1, 0.15) is 0 Å². The van der Waals surface area contributed by atoms with Gasteiger partial charge in [-0.1, -0.05) is 29.5 Å². The van der Waals surface area contributed by atoms with Gasteiger partial charge in [0.05, 0.1) is 11.5 Å². The molecule has 0 radical (unpaired) electrons. The van der Waals surface area contributed by atoms with Gasteiger partial charge in [-0.15, -0.1) is 11.3 Å². The summed E-state index contributed by atoms with van der Waals surface area (Å²) in [4.78, 5) is 26.4. The molecule has 0 amide bonds. The molecule has 1 aliphatic heterocycles. The quantitative estimate of drug-likeness (QED) is 0.390. The molecule has 11 heteroatoms. The molecule has 4 aromatic rings. The fourth-order valence-electron chi connectivity index (χ4n) is 3.32. The van der Waals surface area contributed by atoms with Gasteiger partial charge < -0.3 is 14.9 Å². The topological polar surface area (TPSA) is 90.3 Å². The molecular weight excluding hydrogens is 474 g/mol. The van der Waals surface area contributed by atoms with E-state index in [2.05, 4.69) is 43.6 Å². The first-order valence-corrected chi connectivity index (χ1v) is 13.0. The van der Waals surface area contributed by atoms with E-state index in [1.165, 1.54) is 16.6 Å².